The van der Waals surface area contributed by atoms with E-state index in [1.165, 1.54) is 55.1 Å². The predicted molar refractivity (Wildman–Crippen MR) is 149 cm³/mol. The summed E-state index contributed by atoms with van der Waals surface area (Å²) >= 11 is 1.52. The first-order valence-electron chi connectivity index (χ1n) is 12.9. The number of ketones is 1. The maximum Gasteiger partial charge on any atom is 0.251 e. The van der Waals surface area contributed by atoms with Gasteiger partial charge in [0.2, 0.25) is 0 Å². The summed E-state index contributed by atoms with van der Waals surface area (Å²) in [5, 5.41) is 3.91. The molecule has 2 rings (SSSR count). The van der Waals surface area contributed by atoms with E-state index in [0.29, 0.717) is 17.2 Å². The molecule has 1 aromatic rings. The van der Waals surface area contributed by atoms with Gasteiger partial charge in [0, 0.05) is 50.1 Å². The highest BCUT2D eigenvalue weighted by Crippen LogP contribution is 2.32. The van der Waals surface area contributed by atoms with Gasteiger partial charge in [-0.2, -0.15) is 0 Å². The number of hydrogen-bond donors (Lipinski definition) is 1. The number of hydrogen-bond acceptors (Lipinski definition) is 5. The van der Waals surface area contributed by atoms with Gasteiger partial charge in [0.1, 0.15) is 0 Å². The van der Waals surface area contributed by atoms with E-state index in [2.05, 4.69) is 37.1 Å². The minimum Gasteiger partial charge on any atom is -0.372 e. The molecule has 0 unspecified atom stereocenters. The number of nitrogens with one attached hydrogen (secondary N) is 1. The summed E-state index contributed by atoms with van der Waals surface area (Å²) < 4.78 is 0. The lowest BCUT2D eigenvalue weighted by Gasteiger charge is -2.37. The topological polar surface area (TPSA) is 52.7 Å². The van der Waals surface area contributed by atoms with Gasteiger partial charge in [-0.25, -0.2) is 0 Å². The Kier molecular flexibility index (Phi) is 13.4. The van der Waals surface area contributed by atoms with E-state index in [1.807, 2.05) is 45.2 Å². The second kappa shape index (κ2) is 15.1. The van der Waals surface area contributed by atoms with Crippen LogP contribution < -0.4 is 10.2 Å². The standard InChI is InChI=1S/C26H41N3O2S.C2H6/c1-8-20-15-22(25(31)27-17-23(19(4)30)26(32-7)28(5)6)18(3)24(16-20)29(9-2)21-13-11-10-12-14-21;1-2/h15-16,21H,8-14,17H2,1-7H3,(H,27,31);1-2H3/b26-23+;. The first-order chi connectivity index (χ1) is 16.2. The number of benzene rings is 1. The van der Waals surface area contributed by atoms with Crippen LogP contribution in [0.15, 0.2) is 22.7 Å². The van der Waals surface area contributed by atoms with Gasteiger partial charge in [0.15, 0.2) is 5.78 Å². The number of rotatable bonds is 10. The van der Waals surface area contributed by atoms with Crippen LogP contribution in [0.2, 0.25) is 0 Å². The lowest BCUT2D eigenvalue weighted by atomic mass is 9.92. The number of carbonyl (C=O) groups excluding carboxylic acids is 2. The third kappa shape index (κ3) is 7.79. The molecule has 1 saturated carbocycles. The van der Waals surface area contributed by atoms with Crippen LogP contribution in [0.5, 0.6) is 0 Å². The number of thioether (sulfide) groups is 1. The van der Waals surface area contributed by atoms with Crippen molar-refractivity contribution in [3.05, 3.63) is 39.4 Å². The molecule has 5 nitrogen and oxygen atoms in total. The summed E-state index contributed by atoms with van der Waals surface area (Å²) in [4.78, 5) is 30.0. The van der Waals surface area contributed by atoms with Crippen molar-refractivity contribution in [2.45, 2.75) is 86.1 Å². The fourth-order valence-corrected chi connectivity index (χ4v) is 5.53. The van der Waals surface area contributed by atoms with E-state index in [0.717, 1.165) is 23.6 Å². The van der Waals surface area contributed by atoms with Gasteiger partial charge in [-0.05, 0) is 69.5 Å². The molecule has 1 N–H and O–H groups in total. The summed E-state index contributed by atoms with van der Waals surface area (Å²) in [7, 11) is 3.84. The van der Waals surface area contributed by atoms with Crippen molar-refractivity contribution in [1.29, 1.82) is 0 Å². The average molecular weight is 490 g/mol. The third-order valence-electron chi connectivity index (χ3n) is 6.47. The summed E-state index contributed by atoms with van der Waals surface area (Å²) in [6, 6.07) is 4.83. The van der Waals surface area contributed by atoms with Crippen molar-refractivity contribution in [3.63, 3.8) is 0 Å². The van der Waals surface area contributed by atoms with E-state index in [1.54, 1.807) is 6.92 Å². The molecule has 1 aromatic carbocycles. The minimum absolute atomic E-state index is 0.0162. The second-order valence-corrected chi connectivity index (χ2v) is 9.63. The first kappa shape index (κ1) is 30.1. The zero-order valence-electron chi connectivity index (χ0n) is 23.0. The van der Waals surface area contributed by atoms with Gasteiger partial charge < -0.3 is 15.1 Å². The van der Waals surface area contributed by atoms with Gasteiger partial charge in [0.25, 0.3) is 5.91 Å². The molecule has 0 spiro atoms. The van der Waals surface area contributed by atoms with E-state index in [4.69, 9.17) is 0 Å². The Balaban J connectivity index is 0.00000281. The molecular formula is C28H47N3O2S. The SMILES string of the molecule is CC.CCc1cc(C(=O)NC/C(C(C)=O)=C(\SC)N(C)C)c(C)c(N(CC)C2CCCCC2)c1. The fourth-order valence-electron chi connectivity index (χ4n) is 4.70. The Morgan fingerprint density at radius 2 is 1.71 bits per heavy atom. The lowest BCUT2D eigenvalue weighted by Crippen LogP contribution is -2.37. The molecule has 1 aliphatic rings. The minimum atomic E-state index is -0.114. The monoisotopic (exact) mass is 489 g/mol. The molecule has 0 radical (unpaired) electrons. The highest BCUT2D eigenvalue weighted by Gasteiger charge is 2.24. The Morgan fingerprint density at radius 3 is 2.18 bits per heavy atom. The van der Waals surface area contributed by atoms with Crippen molar-refractivity contribution in [2.24, 2.45) is 0 Å². The smallest absolute Gasteiger partial charge is 0.251 e. The molecule has 0 aromatic heterocycles. The number of nitrogens with zero attached hydrogens (tertiary/aromatic N) is 2. The molecule has 1 aliphatic carbocycles. The molecule has 6 heteroatoms. The Morgan fingerprint density at radius 1 is 1.09 bits per heavy atom. The second-order valence-electron chi connectivity index (χ2n) is 8.84. The molecule has 1 amide bonds. The zero-order chi connectivity index (χ0) is 25.8. The number of anilines is 1. The van der Waals surface area contributed by atoms with E-state index < -0.39 is 0 Å². The molecule has 0 bridgehead atoms. The Hall–Kier alpha value is -1.95. The van der Waals surface area contributed by atoms with Crippen LogP contribution in [0.3, 0.4) is 0 Å². The van der Waals surface area contributed by atoms with Crippen molar-refractivity contribution in [3.8, 4) is 0 Å². The highest BCUT2D eigenvalue weighted by atomic mass is 32.2. The van der Waals surface area contributed by atoms with Gasteiger partial charge in [-0.1, -0.05) is 40.0 Å². The molecule has 1 fully saturated rings. The van der Waals surface area contributed by atoms with E-state index in [-0.39, 0.29) is 18.2 Å². The van der Waals surface area contributed by atoms with E-state index in [9.17, 15) is 9.59 Å². The van der Waals surface area contributed by atoms with Gasteiger partial charge >= 0.3 is 0 Å². The normalized spacial score (nSPS) is 14.5. The molecule has 0 saturated heterocycles. The van der Waals surface area contributed by atoms with Gasteiger partial charge in [-0.15, -0.1) is 11.8 Å². The summed E-state index contributed by atoms with van der Waals surface area (Å²) in [6.07, 6.45) is 9.17. The van der Waals surface area contributed by atoms with Crippen LogP contribution in [0.1, 0.15) is 88.2 Å². The summed E-state index contributed by atoms with van der Waals surface area (Å²) in [5.41, 5.74) is 4.73. The summed E-state index contributed by atoms with van der Waals surface area (Å²) in [6.45, 7) is 13.1. The Bertz CT molecular complexity index is 842. The maximum atomic E-state index is 13.3. The summed E-state index contributed by atoms with van der Waals surface area (Å²) in [5.74, 6) is -0.130. The maximum absolute atomic E-state index is 13.3. The number of Topliss-reactive ketones (excluding diaryl/α,β-unsaturated/α-hetero) is 1. The molecule has 34 heavy (non-hydrogen) atoms. The number of carbonyl (C=O) groups is 2. The van der Waals surface area contributed by atoms with Gasteiger partial charge in [0.05, 0.1) is 5.03 Å². The predicted octanol–water partition coefficient (Wildman–Crippen LogP) is 6.20. The molecular weight excluding hydrogens is 442 g/mol. The van der Waals surface area contributed by atoms with Crippen LogP contribution in [-0.4, -0.2) is 56.1 Å². The zero-order valence-corrected chi connectivity index (χ0v) is 23.8. The molecule has 0 aliphatic heterocycles. The largest absolute Gasteiger partial charge is 0.372 e. The van der Waals surface area contributed by atoms with Crippen LogP contribution in [0.4, 0.5) is 5.69 Å². The average Bonchev–Trinajstić information content (AvgIpc) is 2.84. The van der Waals surface area contributed by atoms with Crippen LogP contribution >= 0.6 is 11.8 Å². The first-order valence-corrected chi connectivity index (χ1v) is 14.1. The highest BCUT2D eigenvalue weighted by molar-refractivity contribution is 8.02. The Labute approximate surface area is 212 Å². The number of aryl methyl sites for hydroxylation is 1. The quantitative estimate of drug-likeness (QED) is 0.397. The lowest BCUT2D eigenvalue weighted by molar-refractivity contribution is -0.113. The fraction of sp³-hybridized carbons (Fsp3) is 0.643. The van der Waals surface area contributed by atoms with Crippen molar-refractivity contribution in [1.82, 2.24) is 10.2 Å². The van der Waals surface area contributed by atoms with Crippen molar-refractivity contribution in [2.75, 3.05) is 38.3 Å². The molecule has 0 heterocycles. The van der Waals surface area contributed by atoms with Gasteiger partial charge in [-0.3, -0.25) is 9.59 Å². The molecule has 0 atom stereocenters. The van der Waals surface area contributed by atoms with Crippen molar-refractivity contribution < 1.29 is 9.59 Å². The number of amides is 1. The van der Waals surface area contributed by atoms with E-state index >= 15 is 0 Å². The third-order valence-corrected chi connectivity index (χ3v) is 7.47. The van der Waals surface area contributed by atoms with Crippen LogP contribution in [-0.2, 0) is 11.2 Å². The molecule has 192 valence electrons. The van der Waals surface area contributed by atoms with Crippen molar-refractivity contribution >= 4 is 29.1 Å². The van der Waals surface area contributed by atoms with Crippen LogP contribution in [0.25, 0.3) is 0 Å². The van der Waals surface area contributed by atoms with Crippen LogP contribution in [0, 0.1) is 6.92 Å².